The highest BCUT2D eigenvalue weighted by Gasteiger charge is 2.40. The van der Waals surface area contributed by atoms with Gasteiger partial charge in [-0.2, -0.15) is 0 Å². The number of thiazole rings is 1. The first-order valence-corrected chi connectivity index (χ1v) is 9.02. The Kier molecular flexibility index (Phi) is 4.87. The van der Waals surface area contributed by atoms with E-state index >= 15 is 0 Å². The summed E-state index contributed by atoms with van der Waals surface area (Å²) in [7, 11) is 0. The van der Waals surface area contributed by atoms with E-state index in [1.54, 1.807) is 6.92 Å². The predicted molar refractivity (Wildman–Crippen MR) is 97.7 cm³/mol. The van der Waals surface area contributed by atoms with E-state index in [0.717, 1.165) is 11.3 Å². The van der Waals surface area contributed by atoms with Crippen LogP contribution in [0.2, 0.25) is 0 Å². The molecule has 1 aromatic heterocycles. The lowest BCUT2D eigenvalue weighted by atomic mass is 9.90. The van der Waals surface area contributed by atoms with Crippen molar-refractivity contribution in [2.24, 2.45) is 5.41 Å². The Morgan fingerprint density at radius 2 is 2.08 bits per heavy atom. The number of hydrogen-bond acceptors (Lipinski definition) is 5. The molecule has 1 fully saturated rings. The minimum Gasteiger partial charge on any atom is -0.481 e. The summed E-state index contributed by atoms with van der Waals surface area (Å²) in [6.07, 6.45) is 0.560. The summed E-state index contributed by atoms with van der Waals surface area (Å²) in [5, 5.41) is 14.5. The number of anilines is 1. The molecule has 1 atom stereocenters. The van der Waals surface area contributed by atoms with Crippen molar-refractivity contribution in [3.63, 3.8) is 0 Å². The van der Waals surface area contributed by atoms with E-state index in [9.17, 15) is 14.7 Å². The molecule has 25 heavy (non-hydrogen) atoms. The van der Waals surface area contributed by atoms with E-state index < -0.39 is 11.4 Å². The van der Waals surface area contributed by atoms with Crippen molar-refractivity contribution in [2.45, 2.75) is 20.3 Å². The van der Waals surface area contributed by atoms with Gasteiger partial charge in [0.05, 0.1) is 17.7 Å². The highest BCUT2D eigenvalue weighted by atomic mass is 32.1. The zero-order chi connectivity index (χ0) is 18.0. The minimum atomic E-state index is -0.807. The van der Waals surface area contributed by atoms with Gasteiger partial charge in [-0.3, -0.25) is 14.5 Å². The number of carbonyl (C=O) groups is 2. The number of carbonyl (C=O) groups excluding carboxylic acids is 1. The van der Waals surface area contributed by atoms with Gasteiger partial charge in [0, 0.05) is 17.5 Å². The number of amides is 1. The van der Waals surface area contributed by atoms with Crippen LogP contribution in [-0.2, 0) is 9.59 Å². The molecule has 2 heterocycles. The largest absolute Gasteiger partial charge is 0.481 e. The molecule has 1 unspecified atom stereocenters. The minimum absolute atomic E-state index is 0.167. The third-order valence-electron chi connectivity index (χ3n) is 4.53. The number of aliphatic carboxylic acids is 1. The number of hydrogen-bond donors (Lipinski definition) is 2. The first-order chi connectivity index (χ1) is 11.9. The first-order valence-electron chi connectivity index (χ1n) is 8.14. The summed E-state index contributed by atoms with van der Waals surface area (Å²) >= 11 is 1.38. The topological polar surface area (TPSA) is 82.5 Å². The van der Waals surface area contributed by atoms with Crippen LogP contribution in [0.5, 0.6) is 0 Å². The number of likely N-dealkylation sites (tertiary alicyclic amines) is 1. The number of rotatable bonds is 5. The maximum Gasteiger partial charge on any atom is 0.310 e. The monoisotopic (exact) mass is 359 g/mol. The maximum atomic E-state index is 12.2. The molecule has 2 N–H and O–H groups in total. The molecule has 132 valence electrons. The Hall–Kier alpha value is -2.25. The molecule has 0 spiro atoms. The average Bonchev–Trinajstić information content (AvgIpc) is 3.16. The molecule has 1 aliphatic heterocycles. The zero-order valence-electron chi connectivity index (χ0n) is 14.3. The number of benzene rings is 1. The Morgan fingerprint density at radius 1 is 1.36 bits per heavy atom. The van der Waals surface area contributed by atoms with Crippen molar-refractivity contribution in [3.05, 3.63) is 35.2 Å². The summed E-state index contributed by atoms with van der Waals surface area (Å²) in [6.45, 7) is 4.94. The molecule has 0 aliphatic carbocycles. The van der Waals surface area contributed by atoms with Crippen LogP contribution in [0, 0.1) is 12.3 Å². The van der Waals surface area contributed by atoms with Crippen LogP contribution in [-0.4, -0.2) is 46.5 Å². The molecule has 1 aliphatic rings. The molecule has 0 saturated carbocycles. The second kappa shape index (κ2) is 6.93. The van der Waals surface area contributed by atoms with Crippen molar-refractivity contribution < 1.29 is 14.7 Å². The summed E-state index contributed by atoms with van der Waals surface area (Å²) < 4.78 is 0. The van der Waals surface area contributed by atoms with Gasteiger partial charge < -0.3 is 10.4 Å². The molecule has 3 rings (SSSR count). The lowest BCUT2D eigenvalue weighted by Gasteiger charge is -2.19. The number of aryl methyl sites for hydroxylation is 1. The first kappa shape index (κ1) is 17.6. The average molecular weight is 359 g/mol. The van der Waals surface area contributed by atoms with Crippen LogP contribution in [0.3, 0.4) is 0 Å². The quantitative estimate of drug-likeness (QED) is 0.858. The zero-order valence-corrected chi connectivity index (χ0v) is 15.1. The molecular formula is C18H21N3O3S. The van der Waals surface area contributed by atoms with Gasteiger partial charge in [0.15, 0.2) is 5.13 Å². The Balaban J connectivity index is 1.57. The summed E-state index contributed by atoms with van der Waals surface area (Å²) in [4.78, 5) is 29.8. The van der Waals surface area contributed by atoms with Gasteiger partial charge in [-0.25, -0.2) is 4.98 Å². The maximum absolute atomic E-state index is 12.2. The van der Waals surface area contributed by atoms with Gasteiger partial charge in [0.25, 0.3) is 0 Å². The van der Waals surface area contributed by atoms with Crippen LogP contribution in [0.1, 0.15) is 18.9 Å². The van der Waals surface area contributed by atoms with Crippen molar-refractivity contribution in [3.8, 4) is 11.3 Å². The normalized spacial score (nSPS) is 20.6. The fourth-order valence-corrected chi connectivity index (χ4v) is 3.65. The van der Waals surface area contributed by atoms with Crippen molar-refractivity contribution in [2.75, 3.05) is 25.0 Å². The smallest absolute Gasteiger partial charge is 0.310 e. The SMILES string of the molecule is Cc1ccc(-c2csc(NC(=O)CN3CCC(C)(C(=O)O)C3)n2)cc1. The van der Waals surface area contributed by atoms with Gasteiger partial charge in [0.2, 0.25) is 5.91 Å². The molecule has 1 saturated heterocycles. The third kappa shape index (κ3) is 4.05. The molecular weight excluding hydrogens is 338 g/mol. The number of carboxylic acid groups (broad SMARTS) is 1. The summed E-state index contributed by atoms with van der Waals surface area (Å²) in [5.41, 5.74) is 2.27. The van der Waals surface area contributed by atoms with Gasteiger partial charge in [-0.05, 0) is 26.8 Å². The second-order valence-corrected chi connectivity index (χ2v) is 7.64. The Morgan fingerprint density at radius 3 is 2.72 bits per heavy atom. The summed E-state index contributed by atoms with van der Waals surface area (Å²) in [5.74, 6) is -0.975. The highest BCUT2D eigenvalue weighted by Crippen LogP contribution is 2.30. The van der Waals surface area contributed by atoms with Crippen molar-refractivity contribution in [1.29, 1.82) is 0 Å². The summed E-state index contributed by atoms with van der Waals surface area (Å²) in [6, 6.07) is 8.07. The lowest BCUT2D eigenvalue weighted by Crippen LogP contribution is -2.35. The second-order valence-electron chi connectivity index (χ2n) is 6.78. The van der Waals surface area contributed by atoms with Gasteiger partial charge in [0.1, 0.15) is 0 Å². The fourth-order valence-electron chi connectivity index (χ4n) is 2.92. The van der Waals surface area contributed by atoms with Crippen molar-refractivity contribution in [1.82, 2.24) is 9.88 Å². The van der Waals surface area contributed by atoms with E-state index in [1.165, 1.54) is 16.9 Å². The number of carboxylic acids is 1. The standard InChI is InChI=1S/C18H21N3O3S/c1-12-3-5-13(6-4-12)14-10-25-17(19-14)20-15(22)9-21-8-7-18(2,11-21)16(23)24/h3-6,10H,7-9,11H2,1-2H3,(H,23,24)(H,19,20,22). The number of nitrogens with zero attached hydrogens (tertiary/aromatic N) is 2. The predicted octanol–water partition coefficient (Wildman–Crippen LogP) is 2.85. The molecule has 6 nitrogen and oxygen atoms in total. The van der Waals surface area contributed by atoms with E-state index in [1.807, 2.05) is 41.5 Å². The fraction of sp³-hybridized carbons (Fsp3) is 0.389. The Bertz CT molecular complexity index is 787. The third-order valence-corrected chi connectivity index (χ3v) is 5.29. The molecule has 7 heteroatoms. The molecule has 0 radical (unpaired) electrons. The van der Waals surface area contributed by atoms with E-state index in [4.69, 9.17) is 0 Å². The van der Waals surface area contributed by atoms with Crippen LogP contribution >= 0.6 is 11.3 Å². The van der Waals surface area contributed by atoms with Crippen LogP contribution < -0.4 is 5.32 Å². The lowest BCUT2D eigenvalue weighted by molar-refractivity contribution is -0.147. The van der Waals surface area contributed by atoms with E-state index in [-0.39, 0.29) is 12.5 Å². The van der Waals surface area contributed by atoms with Crippen LogP contribution in [0.15, 0.2) is 29.6 Å². The van der Waals surface area contributed by atoms with Gasteiger partial charge in [-0.1, -0.05) is 29.8 Å². The molecule has 1 amide bonds. The van der Waals surface area contributed by atoms with E-state index in [2.05, 4.69) is 10.3 Å². The van der Waals surface area contributed by atoms with E-state index in [0.29, 0.717) is 24.6 Å². The number of nitrogens with one attached hydrogen (secondary N) is 1. The van der Waals surface area contributed by atoms with Crippen molar-refractivity contribution >= 4 is 28.3 Å². The van der Waals surface area contributed by atoms with Crippen LogP contribution in [0.4, 0.5) is 5.13 Å². The molecule has 2 aromatic rings. The Labute approximate surface area is 150 Å². The van der Waals surface area contributed by atoms with Crippen LogP contribution in [0.25, 0.3) is 11.3 Å². The highest BCUT2D eigenvalue weighted by molar-refractivity contribution is 7.14. The van der Waals surface area contributed by atoms with Gasteiger partial charge in [-0.15, -0.1) is 11.3 Å². The molecule has 0 bridgehead atoms. The molecule has 1 aromatic carbocycles. The number of aromatic nitrogens is 1. The van der Waals surface area contributed by atoms with Gasteiger partial charge >= 0.3 is 5.97 Å².